The largest absolute Gasteiger partial charge is 0.462 e. The van der Waals surface area contributed by atoms with Gasteiger partial charge >= 0.3 is 5.97 Å². The molecular formula is C27H24N4O3S2. The summed E-state index contributed by atoms with van der Waals surface area (Å²) in [6.45, 7) is 5.39. The van der Waals surface area contributed by atoms with Crippen molar-refractivity contribution in [3.8, 4) is 28.6 Å². The number of anilines is 1. The number of hydrogen-bond acceptors (Lipinski definition) is 7. The molecule has 2 heterocycles. The van der Waals surface area contributed by atoms with Crippen molar-refractivity contribution in [1.29, 1.82) is 5.26 Å². The van der Waals surface area contributed by atoms with Crippen LogP contribution in [-0.2, 0) is 9.53 Å². The lowest BCUT2D eigenvalue weighted by Crippen LogP contribution is -2.22. The van der Waals surface area contributed by atoms with Crippen molar-refractivity contribution in [3.63, 3.8) is 0 Å². The molecule has 9 heteroatoms. The van der Waals surface area contributed by atoms with E-state index in [2.05, 4.69) is 16.4 Å². The second-order valence-electron chi connectivity index (χ2n) is 7.84. The van der Waals surface area contributed by atoms with Crippen molar-refractivity contribution in [2.24, 2.45) is 0 Å². The number of esters is 1. The van der Waals surface area contributed by atoms with Crippen molar-refractivity contribution in [2.75, 3.05) is 11.9 Å². The number of aromatic nitrogens is 2. The molecule has 0 aliphatic rings. The zero-order valence-corrected chi connectivity index (χ0v) is 21.6. The van der Waals surface area contributed by atoms with Gasteiger partial charge in [0.2, 0.25) is 5.91 Å². The number of aromatic amines is 1. The Morgan fingerprint density at radius 3 is 2.39 bits per heavy atom. The van der Waals surface area contributed by atoms with E-state index >= 15 is 0 Å². The maximum absolute atomic E-state index is 13.0. The van der Waals surface area contributed by atoms with E-state index in [1.807, 2.05) is 60.7 Å². The fourth-order valence-corrected chi connectivity index (χ4v) is 5.45. The molecule has 0 bridgehead atoms. The van der Waals surface area contributed by atoms with Crippen LogP contribution in [0.3, 0.4) is 0 Å². The van der Waals surface area contributed by atoms with E-state index in [-0.39, 0.29) is 18.1 Å². The second-order valence-corrected chi connectivity index (χ2v) is 10.2. The van der Waals surface area contributed by atoms with E-state index < -0.39 is 11.2 Å². The van der Waals surface area contributed by atoms with Crippen LogP contribution in [0.15, 0.2) is 65.8 Å². The van der Waals surface area contributed by atoms with Crippen molar-refractivity contribution in [3.05, 3.63) is 76.7 Å². The predicted molar refractivity (Wildman–Crippen MR) is 143 cm³/mol. The summed E-state index contributed by atoms with van der Waals surface area (Å²) in [5, 5.41) is 12.8. The van der Waals surface area contributed by atoms with E-state index in [1.165, 1.54) is 11.8 Å². The Labute approximate surface area is 217 Å². The average molecular weight is 517 g/mol. The van der Waals surface area contributed by atoms with Gasteiger partial charge in [-0.3, -0.25) is 4.79 Å². The fraction of sp³-hybridized carbons (Fsp3) is 0.185. The lowest BCUT2D eigenvalue weighted by Gasteiger charge is -2.09. The number of thioether (sulfide) groups is 1. The number of nitrogens with zero attached hydrogens (tertiary/aromatic N) is 2. The zero-order chi connectivity index (χ0) is 25.7. The fourth-order valence-electron chi connectivity index (χ4n) is 3.59. The number of nitrogens with one attached hydrogen (secondary N) is 2. The Kier molecular flexibility index (Phi) is 7.88. The van der Waals surface area contributed by atoms with Crippen molar-refractivity contribution in [1.82, 2.24) is 9.97 Å². The molecule has 0 saturated carbocycles. The maximum Gasteiger partial charge on any atom is 0.348 e. The number of carbonyl (C=O) groups excluding carboxylic acids is 2. The molecule has 0 spiro atoms. The molecule has 0 aliphatic heterocycles. The van der Waals surface area contributed by atoms with E-state index in [4.69, 9.17) is 9.72 Å². The van der Waals surface area contributed by atoms with Gasteiger partial charge in [-0.25, -0.2) is 9.78 Å². The first-order valence-electron chi connectivity index (χ1n) is 11.3. The van der Waals surface area contributed by atoms with Gasteiger partial charge in [0.1, 0.15) is 15.9 Å². The summed E-state index contributed by atoms with van der Waals surface area (Å²) in [6, 6.07) is 21.9. The van der Waals surface area contributed by atoms with Crippen LogP contribution < -0.4 is 5.32 Å². The van der Waals surface area contributed by atoms with Crippen molar-refractivity contribution in [2.45, 2.75) is 31.2 Å². The number of rotatable bonds is 8. The van der Waals surface area contributed by atoms with Crippen molar-refractivity contribution >= 4 is 40.0 Å². The third kappa shape index (κ3) is 5.35. The molecule has 7 nitrogen and oxygen atoms in total. The zero-order valence-electron chi connectivity index (χ0n) is 20.0. The summed E-state index contributed by atoms with van der Waals surface area (Å²) >= 11 is 2.34. The normalized spacial score (nSPS) is 11.5. The quantitative estimate of drug-likeness (QED) is 0.211. The standard InChI is InChI=1S/C27H24N4O3S2/c1-4-34-26(33)23-16(2)20(15-28)25(36-23)31-24(32)17(3)35-27-29-21(18-11-7-5-8-12-18)22(30-27)19-13-9-6-10-14-19/h5-14,17H,4H2,1-3H3,(H,29,30)(H,31,32). The number of hydrogen-bond donors (Lipinski definition) is 2. The van der Waals surface area contributed by atoms with E-state index in [9.17, 15) is 14.9 Å². The van der Waals surface area contributed by atoms with E-state index in [1.54, 1.807) is 20.8 Å². The number of thiophene rings is 1. The van der Waals surface area contributed by atoms with Crippen LogP contribution >= 0.6 is 23.1 Å². The maximum atomic E-state index is 13.0. The molecule has 1 atom stereocenters. The van der Waals surface area contributed by atoms with Gasteiger partial charge in [-0.05, 0) is 26.3 Å². The highest BCUT2D eigenvalue weighted by atomic mass is 32.2. The summed E-state index contributed by atoms with van der Waals surface area (Å²) < 4.78 is 5.07. The molecule has 182 valence electrons. The highest BCUT2D eigenvalue weighted by Gasteiger charge is 2.25. The van der Waals surface area contributed by atoms with Gasteiger partial charge in [-0.1, -0.05) is 72.4 Å². The molecule has 0 saturated heterocycles. The highest BCUT2D eigenvalue weighted by Crippen LogP contribution is 2.36. The van der Waals surface area contributed by atoms with Crippen LogP contribution in [0.1, 0.15) is 34.6 Å². The lowest BCUT2D eigenvalue weighted by molar-refractivity contribution is -0.115. The van der Waals surface area contributed by atoms with E-state index in [0.29, 0.717) is 20.6 Å². The van der Waals surface area contributed by atoms with Gasteiger partial charge in [-0.2, -0.15) is 5.26 Å². The number of carbonyl (C=O) groups is 2. The minimum absolute atomic E-state index is 0.229. The second kappa shape index (κ2) is 11.2. The molecule has 2 aromatic carbocycles. The number of H-pyrrole nitrogens is 1. The number of amides is 1. The lowest BCUT2D eigenvalue weighted by atomic mass is 10.1. The molecule has 4 aromatic rings. The monoisotopic (exact) mass is 516 g/mol. The van der Waals surface area contributed by atoms with Gasteiger partial charge in [0, 0.05) is 11.1 Å². The molecule has 0 aliphatic carbocycles. The summed E-state index contributed by atoms with van der Waals surface area (Å²) in [5.74, 6) is -0.802. The molecule has 2 aromatic heterocycles. The molecule has 1 unspecified atom stereocenters. The molecule has 1 amide bonds. The average Bonchev–Trinajstić information content (AvgIpc) is 3.45. The number of benzene rings is 2. The molecular weight excluding hydrogens is 492 g/mol. The Morgan fingerprint density at radius 1 is 1.14 bits per heavy atom. The Hall–Kier alpha value is -3.87. The van der Waals surface area contributed by atoms with Crippen LogP contribution in [0.4, 0.5) is 5.00 Å². The Balaban J connectivity index is 1.57. The SMILES string of the molecule is CCOC(=O)c1sc(NC(=O)C(C)Sc2nc(-c3ccccc3)c(-c3ccccc3)[nH]2)c(C#N)c1C. The summed E-state index contributed by atoms with van der Waals surface area (Å²) in [6.07, 6.45) is 0. The number of ether oxygens (including phenoxy) is 1. The minimum atomic E-state index is -0.525. The molecule has 0 fully saturated rings. The highest BCUT2D eigenvalue weighted by molar-refractivity contribution is 8.00. The summed E-state index contributed by atoms with van der Waals surface area (Å²) in [4.78, 5) is 33.8. The predicted octanol–water partition coefficient (Wildman–Crippen LogP) is 6.28. The minimum Gasteiger partial charge on any atom is -0.462 e. The smallest absolute Gasteiger partial charge is 0.348 e. The van der Waals surface area contributed by atoms with Gasteiger partial charge in [-0.15, -0.1) is 11.3 Å². The van der Waals surface area contributed by atoms with Crippen LogP contribution in [0, 0.1) is 18.3 Å². The third-order valence-electron chi connectivity index (χ3n) is 5.41. The van der Waals surface area contributed by atoms with Gasteiger partial charge in [0.25, 0.3) is 0 Å². The van der Waals surface area contributed by atoms with Gasteiger partial charge in [0.15, 0.2) is 5.16 Å². The number of imidazole rings is 1. The van der Waals surface area contributed by atoms with Gasteiger partial charge < -0.3 is 15.0 Å². The first kappa shape index (κ1) is 25.2. The van der Waals surface area contributed by atoms with E-state index in [0.717, 1.165) is 33.9 Å². The van der Waals surface area contributed by atoms with Crippen LogP contribution in [0.5, 0.6) is 0 Å². The molecule has 2 N–H and O–H groups in total. The first-order chi connectivity index (χ1) is 17.4. The third-order valence-corrected chi connectivity index (χ3v) is 7.58. The van der Waals surface area contributed by atoms with Crippen LogP contribution in [-0.4, -0.2) is 33.7 Å². The molecule has 36 heavy (non-hydrogen) atoms. The Morgan fingerprint density at radius 2 is 1.78 bits per heavy atom. The molecule has 4 rings (SSSR count). The molecule has 0 radical (unpaired) electrons. The topological polar surface area (TPSA) is 108 Å². The summed E-state index contributed by atoms with van der Waals surface area (Å²) in [5.41, 5.74) is 4.41. The van der Waals surface area contributed by atoms with Crippen LogP contribution in [0.2, 0.25) is 0 Å². The Bertz CT molecular complexity index is 1370. The number of nitriles is 1. The van der Waals surface area contributed by atoms with Crippen LogP contribution in [0.25, 0.3) is 22.5 Å². The summed E-state index contributed by atoms with van der Waals surface area (Å²) in [7, 11) is 0. The van der Waals surface area contributed by atoms with Gasteiger partial charge in [0.05, 0.1) is 28.8 Å². The van der Waals surface area contributed by atoms with Crippen molar-refractivity contribution < 1.29 is 14.3 Å². The first-order valence-corrected chi connectivity index (χ1v) is 13.0.